The van der Waals surface area contributed by atoms with E-state index in [9.17, 15) is 13.2 Å². The van der Waals surface area contributed by atoms with Gasteiger partial charge in [0.2, 0.25) is 5.75 Å². The average Bonchev–Trinajstić information content (AvgIpc) is 2.82. The second-order valence-corrected chi connectivity index (χ2v) is 10.5. The Hall–Kier alpha value is -2.43. The predicted octanol–water partition coefficient (Wildman–Crippen LogP) is 2.51. The van der Waals surface area contributed by atoms with Crippen LogP contribution in [0, 0.1) is 0 Å². The van der Waals surface area contributed by atoms with Crippen LogP contribution in [-0.4, -0.2) is 73.7 Å². The Morgan fingerprint density at radius 3 is 2.30 bits per heavy atom. The summed E-state index contributed by atoms with van der Waals surface area (Å²) in [6.45, 7) is 4.21. The molecule has 33 heavy (non-hydrogen) atoms. The molecule has 0 radical (unpaired) electrons. The summed E-state index contributed by atoms with van der Waals surface area (Å²) in [6.07, 6.45) is 7.11. The first-order chi connectivity index (χ1) is 15.9. The molecule has 0 saturated carbocycles. The molecule has 3 rings (SSSR count). The fraction of sp³-hybridized carbons (Fsp3) is 0.565. The average molecular weight is 478 g/mol. The van der Waals surface area contributed by atoms with Crippen molar-refractivity contribution in [2.75, 3.05) is 51.8 Å². The third-order valence-electron chi connectivity index (χ3n) is 5.78. The number of nitrogens with zero attached hydrogens (tertiary/aromatic N) is 5. The second-order valence-electron chi connectivity index (χ2n) is 8.35. The lowest BCUT2D eigenvalue weighted by Gasteiger charge is -2.36. The highest BCUT2D eigenvalue weighted by atomic mass is 32.2. The molecule has 1 aliphatic heterocycles. The number of unbranched alkanes of at least 4 members (excludes halogenated alkanes) is 4. The van der Waals surface area contributed by atoms with Gasteiger partial charge in [-0.15, -0.1) is 0 Å². The summed E-state index contributed by atoms with van der Waals surface area (Å²) in [5, 5.41) is 4.39. The maximum Gasteiger partial charge on any atom is 0.316 e. The lowest BCUT2D eigenvalue weighted by Crippen LogP contribution is -2.52. The van der Waals surface area contributed by atoms with Gasteiger partial charge in [-0.3, -0.25) is 4.79 Å². The van der Waals surface area contributed by atoms with E-state index < -0.39 is 10.2 Å². The zero-order valence-corrected chi connectivity index (χ0v) is 20.6. The summed E-state index contributed by atoms with van der Waals surface area (Å²) in [5.74, 6) is 0.272. The normalized spacial score (nSPS) is 15.2. The summed E-state index contributed by atoms with van der Waals surface area (Å²) in [4.78, 5) is 15.3. The van der Waals surface area contributed by atoms with E-state index in [0.29, 0.717) is 44.2 Å². The van der Waals surface area contributed by atoms with E-state index in [1.165, 1.54) is 40.2 Å². The molecular weight excluding hydrogens is 442 g/mol. The van der Waals surface area contributed by atoms with Crippen LogP contribution in [0.15, 0.2) is 41.3 Å². The Labute approximate surface area is 196 Å². The van der Waals surface area contributed by atoms with Crippen LogP contribution in [0.4, 0.5) is 5.69 Å². The molecule has 0 unspecified atom stereocenters. The van der Waals surface area contributed by atoms with Crippen molar-refractivity contribution in [2.45, 2.75) is 39.0 Å². The van der Waals surface area contributed by atoms with Gasteiger partial charge >= 0.3 is 5.56 Å². The lowest BCUT2D eigenvalue weighted by atomic mass is 10.2. The van der Waals surface area contributed by atoms with Crippen molar-refractivity contribution in [2.24, 2.45) is 0 Å². The molecule has 2 aromatic rings. The summed E-state index contributed by atoms with van der Waals surface area (Å²) >= 11 is 0. The van der Waals surface area contributed by atoms with Gasteiger partial charge in [0.25, 0.3) is 10.2 Å². The maximum atomic E-state index is 13.3. The zero-order valence-electron chi connectivity index (χ0n) is 19.8. The molecule has 1 aromatic carbocycles. The van der Waals surface area contributed by atoms with Gasteiger partial charge in [-0.1, -0.05) is 50.8 Å². The van der Waals surface area contributed by atoms with Crippen LogP contribution in [0.1, 0.15) is 39.0 Å². The molecular formula is C23H35N5O4S. The third kappa shape index (κ3) is 6.13. The molecule has 1 fully saturated rings. The van der Waals surface area contributed by atoms with Crippen molar-refractivity contribution in [3.05, 3.63) is 46.9 Å². The van der Waals surface area contributed by atoms with Crippen molar-refractivity contribution in [3.63, 3.8) is 0 Å². The van der Waals surface area contributed by atoms with Crippen molar-refractivity contribution >= 4 is 15.9 Å². The first-order valence-corrected chi connectivity index (χ1v) is 13.0. The highest BCUT2D eigenvalue weighted by Gasteiger charge is 2.30. The number of piperazine rings is 1. The van der Waals surface area contributed by atoms with Crippen LogP contribution in [-0.2, 0) is 10.2 Å². The number of hydrogen-bond donors (Lipinski definition) is 0. The van der Waals surface area contributed by atoms with E-state index in [0.717, 1.165) is 19.3 Å². The van der Waals surface area contributed by atoms with Crippen molar-refractivity contribution < 1.29 is 13.2 Å². The smallest absolute Gasteiger partial charge is 0.316 e. The van der Waals surface area contributed by atoms with E-state index in [2.05, 4.69) is 12.0 Å². The van der Waals surface area contributed by atoms with Gasteiger partial charge in [-0.05, 0) is 18.6 Å². The Kier molecular flexibility index (Phi) is 8.87. The number of rotatable bonds is 11. The number of anilines is 1. The van der Waals surface area contributed by atoms with Crippen LogP contribution in [0.25, 0.3) is 5.69 Å². The molecule has 1 aromatic heterocycles. The first-order valence-electron chi connectivity index (χ1n) is 11.6. The molecule has 0 bridgehead atoms. The van der Waals surface area contributed by atoms with Gasteiger partial charge < -0.3 is 9.64 Å². The minimum atomic E-state index is -3.46. The van der Waals surface area contributed by atoms with Crippen LogP contribution >= 0.6 is 0 Å². The molecule has 10 heteroatoms. The molecule has 2 heterocycles. The Bertz CT molecular complexity index is 1050. The van der Waals surface area contributed by atoms with Crippen molar-refractivity contribution in [3.8, 4) is 11.4 Å². The zero-order chi connectivity index (χ0) is 23.8. The predicted molar refractivity (Wildman–Crippen MR) is 130 cm³/mol. The summed E-state index contributed by atoms with van der Waals surface area (Å²) in [7, 11) is -0.406. The molecule has 9 nitrogen and oxygen atoms in total. The van der Waals surface area contributed by atoms with E-state index in [-0.39, 0.29) is 11.3 Å². The van der Waals surface area contributed by atoms with Gasteiger partial charge in [0, 0.05) is 40.3 Å². The Morgan fingerprint density at radius 1 is 1.00 bits per heavy atom. The van der Waals surface area contributed by atoms with Crippen LogP contribution in [0.5, 0.6) is 5.75 Å². The highest BCUT2D eigenvalue weighted by molar-refractivity contribution is 7.86. The van der Waals surface area contributed by atoms with Crippen molar-refractivity contribution in [1.82, 2.24) is 18.4 Å². The topological polar surface area (TPSA) is 88.0 Å². The van der Waals surface area contributed by atoms with E-state index in [1.807, 2.05) is 35.2 Å². The number of aromatic nitrogens is 2. The number of benzene rings is 1. The minimum Gasteiger partial charge on any atom is -0.486 e. The fourth-order valence-electron chi connectivity index (χ4n) is 3.81. The number of para-hydroxylation sites is 1. The monoisotopic (exact) mass is 477 g/mol. The van der Waals surface area contributed by atoms with E-state index >= 15 is 0 Å². The summed E-state index contributed by atoms with van der Waals surface area (Å²) in [6, 6.07) is 9.25. The molecule has 0 atom stereocenters. The quantitative estimate of drug-likeness (QED) is 0.462. The molecule has 1 saturated heterocycles. The van der Waals surface area contributed by atoms with E-state index in [4.69, 9.17) is 4.74 Å². The van der Waals surface area contributed by atoms with Gasteiger partial charge in [0.1, 0.15) is 5.69 Å². The molecule has 0 spiro atoms. The van der Waals surface area contributed by atoms with Crippen LogP contribution in [0.3, 0.4) is 0 Å². The largest absolute Gasteiger partial charge is 0.486 e. The van der Waals surface area contributed by atoms with Gasteiger partial charge in [0.15, 0.2) is 0 Å². The molecule has 182 valence electrons. The third-order valence-corrected chi connectivity index (χ3v) is 7.72. The minimum absolute atomic E-state index is 0.272. The molecule has 0 N–H and O–H groups in total. The summed E-state index contributed by atoms with van der Waals surface area (Å²) < 4.78 is 35.0. The highest BCUT2D eigenvalue weighted by Crippen LogP contribution is 2.26. The fourth-order valence-corrected chi connectivity index (χ4v) is 4.90. The number of ether oxygens (including phenoxy) is 1. The molecule has 1 aliphatic rings. The van der Waals surface area contributed by atoms with Gasteiger partial charge in [0.05, 0.1) is 18.5 Å². The SMILES string of the molecule is CCCCCCCOc1c(N2CCN(S(=O)(=O)N(C)C)CC2)cnn(-c2ccccc2)c1=O. The van der Waals surface area contributed by atoms with Crippen LogP contribution in [0.2, 0.25) is 0 Å². The molecule has 0 aliphatic carbocycles. The Balaban J connectivity index is 1.81. The Morgan fingerprint density at radius 2 is 1.67 bits per heavy atom. The maximum absolute atomic E-state index is 13.3. The summed E-state index contributed by atoms with van der Waals surface area (Å²) in [5.41, 5.74) is 0.974. The van der Waals surface area contributed by atoms with Crippen molar-refractivity contribution in [1.29, 1.82) is 0 Å². The number of hydrogen-bond acceptors (Lipinski definition) is 6. The van der Waals surface area contributed by atoms with Gasteiger partial charge in [-0.2, -0.15) is 26.8 Å². The lowest BCUT2D eigenvalue weighted by molar-refractivity contribution is 0.296. The van der Waals surface area contributed by atoms with Gasteiger partial charge in [-0.25, -0.2) is 0 Å². The standard InChI is InChI=1S/C23H35N5O4S/c1-4-5-6-7-11-18-32-22-21(19-24-28(23(22)29)20-12-9-8-10-13-20)26-14-16-27(17-15-26)33(30,31)25(2)3/h8-10,12-13,19H,4-7,11,14-18H2,1-3H3. The first kappa shape index (κ1) is 25.2. The second kappa shape index (κ2) is 11.6. The molecule has 0 amide bonds. The van der Waals surface area contributed by atoms with E-state index in [1.54, 1.807) is 6.20 Å². The van der Waals surface area contributed by atoms with Crippen LogP contribution < -0.4 is 15.2 Å².